The molecule has 1 unspecified atom stereocenters. The number of hydrogen-bond donors (Lipinski definition) is 3. The molecule has 1 atom stereocenters. The summed E-state index contributed by atoms with van der Waals surface area (Å²) in [7, 11) is 3.31. The van der Waals surface area contributed by atoms with Gasteiger partial charge in [0, 0.05) is 25.7 Å². The monoisotopic (exact) mass is 359 g/mol. The highest BCUT2D eigenvalue weighted by Gasteiger charge is 2.19. The smallest absolute Gasteiger partial charge is 0.351 e. The molecular formula is C16H21N7O3. The minimum atomic E-state index is -0.453. The number of fused-ring (bicyclic) bond motifs is 1. The van der Waals surface area contributed by atoms with Crippen LogP contribution in [0.3, 0.4) is 0 Å². The molecule has 3 aromatic rings. The lowest BCUT2D eigenvalue weighted by molar-refractivity contribution is 0.281. The number of aryl methyl sites for hydroxylation is 1. The number of aromatic amines is 1. The molecule has 0 fully saturated rings. The van der Waals surface area contributed by atoms with Gasteiger partial charge >= 0.3 is 5.69 Å². The minimum Gasteiger partial charge on any atom is -0.480 e. The Hall–Kier alpha value is -3.14. The molecule has 3 N–H and O–H groups in total. The molecule has 0 aromatic carbocycles. The highest BCUT2D eigenvalue weighted by molar-refractivity contribution is 5.85. The summed E-state index contributed by atoms with van der Waals surface area (Å²) in [6, 6.07) is 1.47. The van der Waals surface area contributed by atoms with Gasteiger partial charge in [0.25, 0.3) is 0 Å². The maximum atomic E-state index is 12.4. The summed E-state index contributed by atoms with van der Waals surface area (Å²) >= 11 is 0. The number of ether oxygens (including phenoxy) is 1. The number of H-pyrrole nitrogens is 1. The molecule has 3 rings (SSSR count). The Morgan fingerprint density at radius 2 is 2.27 bits per heavy atom. The predicted molar refractivity (Wildman–Crippen MR) is 97.3 cm³/mol. The zero-order chi connectivity index (χ0) is 18.8. The molecule has 0 aliphatic carbocycles. The third-order valence-electron chi connectivity index (χ3n) is 3.89. The van der Waals surface area contributed by atoms with Gasteiger partial charge in [-0.25, -0.2) is 9.78 Å². The number of allylic oxidation sites excluding steroid dienone is 1. The molecule has 0 bridgehead atoms. The van der Waals surface area contributed by atoms with Gasteiger partial charge in [0.05, 0.1) is 13.7 Å². The van der Waals surface area contributed by atoms with Crippen LogP contribution in [0.2, 0.25) is 0 Å². The summed E-state index contributed by atoms with van der Waals surface area (Å²) in [4.78, 5) is 24.2. The van der Waals surface area contributed by atoms with Crippen LogP contribution in [-0.2, 0) is 13.6 Å². The molecule has 10 nitrogen and oxygen atoms in total. The number of rotatable bonds is 7. The Morgan fingerprint density at radius 3 is 2.88 bits per heavy atom. The molecule has 10 heteroatoms. The highest BCUT2D eigenvalue weighted by atomic mass is 16.5. The van der Waals surface area contributed by atoms with E-state index in [-0.39, 0.29) is 19.2 Å². The lowest BCUT2D eigenvalue weighted by Crippen LogP contribution is -2.27. The fraction of sp³-hybridized carbons (Fsp3) is 0.375. The fourth-order valence-electron chi connectivity index (χ4n) is 2.59. The first-order valence-corrected chi connectivity index (χ1v) is 8.05. The van der Waals surface area contributed by atoms with Crippen LogP contribution < -0.4 is 15.7 Å². The Labute approximate surface area is 149 Å². The van der Waals surface area contributed by atoms with Crippen LogP contribution in [0.1, 0.15) is 6.92 Å². The van der Waals surface area contributed by atoms with E-state index < -0.39 is 5.69 Å². The fourth-order valence-corrected chi connectivity index (χ4v) is 2.59. The number of aromatic nitrogens is 6. The number of nitrogens with zero attached hydrogens (tertiary/aromatic N) is 5. The number of anilines is 1. The van der Waals surface area contributed by atoms with Gasteiger partial charge in [0.15, 0.2) is 17.3 Å². The average molecular weight is 359 g/mol. The number of aliphatic hydroxyl groups is 1. The molecule has 0 saturated carbocycles. The second kappa shape index (κ2) is 7.00. The van der Waals surface area contributed by atoms with Crippen molar-refractivity contribution in [1.82, 2.24) is 29.3 Å². The topological polar surface area (TPSA) is 123 Å². The molecule has 26 heavy (non-hydrogen) atoms. The zero-order valence-electron chi connectivity index (χ0n) is 14.9. The van der Waals surface area contributed by atoms with E-state index in [1.54, 1.807) is 30.8 Å². The normalized spacial score (nSPS) is 12.3. The molecule has 3 heterocycles. The molecular weight excluding hydrogens is 338 g/mol. The predicted octanol–water partition coefficient (Wildman–Crippen LogP) is 0.507. The molecule has 0 aliphatic heterocycles. The quantitative estimate of drug-likeness (QED) is 0.525. The van der Waals surface area contributed by atoms with Crippen LogP contribution in [0.4, 0.5) is 5.82 Å². The largest absolute Gasteiger partial charge is 0.480 e. The molecule has 138 valence electrons. The minimum absolute atomic E-state index is 0.0984. The lowest BCUT2D eigenvalue weighted by Gasteiger charge is -2.12. The number of nitrogens with one attached hydrogen (secondary N) is 2. The number of aliphatic hydroxyl groups excluding tert-OH is 1. The second-order valence-corrected chi connectivity index (χ2v) is 5.85. The highest BCUT2D eigenvalue weighted by Crippen LogP contribution is 2.25. The first-order valence-electron chi connectivity index (χ1n) is 8.05. The maximum Gasteiger partial charge on any atom is 0.351 e. The van der Waals surface area contributed by atoms with Gasteiger partial charge in [0.2, 0.25) is 5.88 Å². The summed E-state index contributed by atoms with van der Waals surface area (Å²) in [5, 5.41) is 16.5. The molecule has 0 aliphatic rings. The summed E-state index contributed by atoms with van der Waals surface area (Å²) < 4.78 is 8.20. The first-order chi connectivity index (χ1) is 12.5. The Morgan fingerprint density at radius 1 is 1.50 bits per heavy atom. The van der Waals surface area contributed by atoms with Gasteiger partial charge in [0.1, 0.15) is 11.2 Å². The van der Waals surface area contributed by atoms with E-state index in [0.717, 1.165) is 0 Å². The van der Waals surface area contributed by atoms with E-state index in [2.05, 4.69) is 31.9 Å². The van der Waals surface area contributed by atoms with Crippen molar-refractivity contribution < 1.29 is 9.84 Å². The van der Waals surface area contributed by atoms with Gasteiger partial charge in [-0.1, -0.05) is 6.08 Å². The van der Waals surface area contributed by atoms with Crippen molar-refractivity contribution in [2.45, 2.75) is 19.5 Å². The van der Waals surface area contributed by atoms with Crippen molar-refractivity contribution in [3.63, 3.8) is 0 Å². The number of hydrogen-bond acceptors (Lipinski definition) is 7. The lowest BCUT2D eigenvalue weighted by atomic mass is 10.3. The Bertz CT molecular complexity index is 1000. The Kier molecular flexibility index (Phi) is 4.76. The van der Waals surface area contributed by atoms with E-state index in [0.29, 0.717) is 34.4 Å². The van der Waals surface area contributed by atoms with Crippen molar-refractivity contribution >= 4 is 17.0 Å². The van der Waals surface area contributed by atoms with Crippen molar-refractivity contribution in [3.8, 4) is 17.4 Å². The molecule has 0 spiro atoms. The van der Waals surface area contributed by atoms with Gasteiger partial charge in [-0.05, 0) is 6.92 Å². The standard InChI is InChI=1S/C16H21N7O3/c1-5-6-23-15-12(14(20-16(23)25)17-9(2)8-24)18-13(19-15)10-7-11(26-4)21-22(10)3/h5,7,9,24H,1,6,8H2,2-4H3,(H,18,19)(H,17,20,25). The van der Waals surface area contributed by atoms with Crippen molar-refractivity contribution in [2.24, 2.45) is 7.05 Å². The van der Waals surface area contributed by atoms with Crippen LogP contribution in [-0.4, -0.2) is 54.2 Å². The van der Waals surface area contributed by atoms with E-state index in [4.69, 9.17) is 4.74 Å². The van der Waals surface area contributed by atoms with E-state index >= 15 is 0 Å². The first kappa shape index (κ1) is 17.7. The summed E-state index contributed by atoms with van der Waals surface area (Å²) in [5.74, 6) is 1.31. The van der Waals surface area contributed by atoms with E-state index in [9.17, 15) is 9.90 Å². The summed E-state index contributed by atoms with van der Waals surface area (Å²) in [5.41, 5.74) is 1.23. The number of methoxy groups -OCH3 is 1. The number of imidazole rings is 1. The van der Waals surface area contributed by atoms with Crippen LogP contribution in [0.5, 0.6) is 5.88 Å². The van der Waals surface area contributed by atoms with Crippen molar-refractivity contribution in [2.75, 3.05) is 19.0 Å². The Balaban J connectivity index is 2.22. The molecule has 0 amide bonds. The van der Waals surface area contributed by atoms with Crippen LogP contribution in [0.25, 0.3) is 22.7 Å². The molecule has 0 radical (unpaired) electrons. The third-order valence-corrected chi connectivity index (χ3v) is 3.89. The van der Waals surface area contributed by atoms with Gasteiger partial charge in [-0.2, -0.15) is 4.98 Å². The summed E-state index contributed by atoms with van der Waals surface area (Å²) in [6.07, 6.45) is 1.60. The van der Waals surface area contributed by atoms with Gasteiger partial charge < -0.3 is 20.1 Å². The summed E-state index contributed by atoms with van der Waals surface area (Å²) in [6.45, 7) is 5.64. The van der Waals surface area contributed by atoms with Crippen molar-refractivity contribution in [3.05, 3.63) is 29.2 Å². The SMILES string of the molecule is C=CCn1c(=O)nc(NC(C)CO)c2[nH]c(-c3cc(OC)nn3C)nc21. The average Bonchev–Trinajstić information content (AvgIpc) is 3.21. The van der Waals surface area contributed by atoms with E-state index in [1.165, 1.54) is 11.7 Å². The third kappa shape index (κ3) is 3.06. The maximum absolute atomic E-state index is 12.4. The second-order valence-electron chi connectivity index (χ2n) is 5.85. The van der Waals surface area contributed by atoms with Gasteiger partial charge in [-0.3, -0.25) is 9.25 Å². The molecule has 3 aromatic heterocycles. The van der Waals surface area contributed by atoms with E-state index in [1.807, 2.05) is 0 Å². The zero-order valence-corrected chi connectivity index (χ0v) is 14.9. The van der Waals surface area contributed by atoms with Gasteiger partial charge in [-0.15, -0.1) is 11.7 Å². The van der Waals surface area contributed by atoms with Crippen LogP contribution in [0.15, 0.2) is 23.5 Å². The van der Waals surface area contributed by atoms with Crippen LogP contribution >= 0.6 is 0 Å². The van der Waals surface area contributed by atoms with Crippen LogP contribution in [0, 0.1) is 0 Å². The molecule has 0 saturated heterocycles. The van der Waals surface area contributed by atoms with Crippen molar-refractivity contribution in [1.29, 1.82) is 0 Å².